The van der Waals surface area contributed by atoms with Crippen molar-refractivity contribution in [1.29, 1.82) is 0 Å². The Labute approximate surface area is 97.7 Å². The molecule has 17 heavy (non-hydrogen) atoms. The van der Waals surface area contributed by atoms with Crippen LogP contribution in [0.4, 0.5) is 8.78 Å². The minimum atomic E-state index is -2.95. The lowest BCUT2D eigenvalue weighted by atomic mass is 10.1. The average molecular weight is 242 g/mol. The Morgan fingerprint density at radius 1 is 1.41 bits per heavy atom. The van der Waals surface area contributed by atoms with E-state index in [0.29, 0.717) is 17.4 Å². The summed E-state index contributed by atoms with van der Waals surface area (Å²) in [5, 5.41) is 0. The number of hydrogen-bond acceptors (Lipinski definition) is 3. The molecule has 0 amide bonds. The molecule has 0 unspecified atom stereocenters. The maximum Gasteiger partial charge on any atom is 0.387 e. The van der Waals surface area contributed by atoms with Gasteiger partial charge < -0.3 is 9.47 Å². The standard InChI is InChI=1S/C12H12F2O3/c1-8(7-15)6-9-4-3-5-10(16-2)11(9)17-12(13)14/h3-7,12H,1-2H3. The van der Waals surface area contributed by atoms with Crippen LogP contribution >= 0.6 is 0 Å². The lowest BCUT2D eigenvalue weighted by molar-refractivity contribution is -0.104. The van der Waals surface area contributed by atoms with E-state index in [1.165, 1.54) is 19.3 Å². The summed E-state index contributed by atoms with van der Waals surface area (Å²) in [6, 6.07) is 4.69. The number of carbonyl (C=O) groups is 1. The zero-order valence-electron chi connectivity index (χ0n) is 9.44. The Bertz CT molecular complexity index is 428. The highest BCUT2D eigenvalue weighted by Crippen LogP contribution is 2.33. The van der Waals surface area contributed by atoms with Crippen LogP contribution in [0.5, 0.6) is 11.5 Å². The summed E-state index contributed by atoms with van der Waals surface area (Å²) in [7, 11) is 1.35. The second-order valence-electron chi connectivity index (χ2n) is 3.26. The van der Waals surface area contributed by atoms with Crippen LogP contribution in [0, 0.1) is 0 Å². The Hall–Kier alpha value is -1.91. The second kappa shape index (κ2) is 5.98. The Balaban J connectivity index is 3.23. The molecule has 1 rings (SSSR count). The largest absolute Gasteiger partial charge is 0.493 e. The van der Waals surface area contributed by atoms with Crippen molar-refractivity contribution in [2.75, 3.05) is 7.11 Å². The van der Waals surface area contributed by atoms with Gasteiger partial charge in [-0.1, -0.05) is 12.1 Å². The first kappa shape index (κ1) is 13.2. The number of allylic oxidation sites excluding steroid dienone is 1. The molecule has 92 valence electrons. The summed E-state index contributed by atoms with van der Waals surface area (Å²) < 4.78 is 33.9. The van der Waals surface area contributed by atoms with Crippen molar-refractivity contribution in [3.05, 3.63) is 29.3 Å². The first-order chi connectivity index (χ1) is 8.08. The number of ether oxygens (including phenoxy) is 2. The Kier molecular flexibility index (Phi) is 4.63. The monoisotopic (exact) mass is 242 g/mol. The molecule has 0 saturated heterocycles. The molecule has 0 N–H and O–H groups in total. The van der Waals surface area contributed by atoms with E-state index in [9.17, 15) is 13.6 Å². The molecule has 0 aliphatic heterocycles. The summed E-state index contributed by atoms with van der Waals surface area (Å²) in [6.07, 6.45) is 2.08. The topological polar surface area (TPSA) is 35.5 Å². The molecule has 0 aliphatic carbocycles. The lowest BCUT2D eigenvalue weighted by Gasteiger charge is -2.12. The Morgan fingerprint density at radius 3 is 2.65 bits per heavy atom. The van der Waals surface area contributed by atoms with Crippen LogP contribution in [0.2, 0.25) is 0 Å². The smallest absolute Gasteiger partial charge is 0.387 e. The number of methoxy groups -OCH3 is 1. The molecular formula is C12H12F2O3. The van der Waals surface area contributed by atoms with Crippen molar-refractivity contribution in [3.8, 4) is 11.5 Å². The van der Waals surface area contributed by atoms with Gasteiger partial charge in [-0.15, -0.1) is 0 Å². The number of aldehydes is 1. The predicted molar refractivity (Wildman–Crippen MR) is 59.3 cm³/mol. The zero-order valence-corrected chi connectivity index (χ0v) is 9.44. The van der Waals surface area contributed by atoms with E-state index in [-0.39, 0.29) is 11.5 Å². The van der Waals surface area contributed by atoms with Crippen molar-refractivity contribution >= 4 is 12.4 Å². The van der Waals surface area contributed by atoms with Crippen molar-refractivity contribution < 1.29 is 23.0 Å². The minimum absolute atomic E-state index is 0.0776. The third-order valence-corrected chi connectivity index (χ3v) is 2.01. The van der Waals surface area contributed by atoms with Crippen LogP contribution in [0.1, 0.15) is 12.5 Å². The third kappa shape index (κ3) is 3.55. The molecule has 0 radical (unpaired) electrons. The van der Waals surface area contributed by atoms with E-state index >= 15 is 0 Å². The van der Waals surface area contributed by atoms with Crippen molar-refractivity contribution in [1.82, 2.24) is 0 Å². The third-order valence-electron chi connectivity index (χ3n) is 2.01. The van der Waals surface area contributed by atoms with Gasteiger partial charge in [-0.25, -0.2) is 0 Å². The number of rotatable bonds is 5. The fourth-order valence-corrected chi connectivity index (χ4v) is 1.30. The highest BCUT2D eigenvalue weighted by molar-refractivity contribution is 5.82. The number of benzene rings is 1. The minimum Gasteiger partial charge on any atom is -0.493 e. The van der Waals surface area contributed by atoms with Gasteiger partial charge in [0.2, 0.25) is 0 Å². The van der Waals surface area contributed by atoms with Crippen LogP contribution in [0.25, 0.3) is 6.08 Å². The molecule has 0 atom stereocenters. The van der Waals surface area contributed by atoms with Crippen LogP contribution in [-0.2, 0) is 4.79 Å². The van der Waals surface area contributed by atoms with Crippen molar-refractivity contribution in [2.24, 2.45) is 0 Å². The van der Waals surface area contributed by atoms with E-state index in [1.807, 2.05) is 0 Å². The van der Waals surface area contributed by atoms with Gasteiger partial charge in [0.25, 0.3) is 0 Å². The number of carbonyl (C=O) groups excluding carboxylic acids is 1. The normalized spacial score (nSPS) is 11.5. The fourth-order valence-electron chi connectivity index (χ4n) is 1.30. The molecule has 1 aromatic carbocycles. The highest BCUT2D eigenvalue weighted by atomic mass is 19.3. The fraction of sp³-hybridized carbons (Fsp3) is 0.250. The van der Waals surface area contributed by atoms with E-state index < -0.39 is 6.61 Å². The molecule has 0 fully saturated rings. The summed E-state index contributed by atoms with van der Waals surface area (Å²) in [4.78, 5) is 10.5. The van der Waals surface area contributed by atoms with Crippen molar-refractivity contribution in [2.45, 2.75) is 13.5 Å². The predicted octanol–water partition coefficient (Wildman–Crippen LogP) is 2.90. The molecule has 0 aliphatic rings. The molecule has 1 aromatic rings. The summed E-state index contributed by atoms with van der Waals surface area (Å²) in [6.45, 7) is -1.38. The van der Waals surface area contributed by atoms with Gasteiger partial charge in [-0.2, -0.15) is 8.78 Å². The number of alkyl halides is 2. The average Bonchev–Trinajstić information content (AvgIpc) is 2.30. The van der Waals surface area contributed by atoms with Crippen LogP contribution in [-0.4, -0.2) is 20.0 Å². The highest BCUT2D eigenvalue weighted by Gasteiger charge is 2.13. The molecule has 0 bridgehead atoms. The van der Waals surface area contributed by atoms with Crippen LogP contribution in [0.3, 0.4) is 0 Å². The maximum atomic E-state index is 12.3. The quantitative estimate of drug-likeness (QED) is 0.588. The van der Waals surface area contributed by atoms with Crippen molar-refractivity contribution in [3.63, 3.8) is 0 Å². The first-order valence-corrected chi connectivity index (χ1v) is 4.83. The zero-order chi connectivity index (χ0) is 12.8. The molecule has 0 aromatic heterocycles. The molecule has 5 heteroatoms. The van der Waals surface area contributed by atoms with Crippen LogP contribution in [0.15, 0.2) is 23.8 Å². The number of para-hydroxylation sites is 1. The van der Waals surface area contributed by atoms with E-state index in [0.717, 1.165) is 0 Å². The van der Waals surface area contributed by atoms with E-state index in [4.69, 9.17) is 4.74 Å². The Morgan fingerprint density at radius 2 is 2.12 bits per heavy atom. The molecule has 0 saturated carbocycles. The van der Waals surface area contributed by atoms with Gasteiger partial charge in [0.1, 0.15) is 6.29 Å². The van der Waals surface area contributed by atoms with Gasteiger partial charge in [-0.3, -0.25) is 4.79 Å². The summed E-state index contributed by atoms with van der Waals surface area (Å²) in [5.41, 5.74) is 0.770. The van der Waals surface area contributed by atoms with E-state index in [2.05, 4.69) is 4.74 Å². The maximum absolute atomic E-state index is 12.3. The van der Waals surface area contributed by atoms with Crippen LogP contribution < -0.4 is 9.47 Å². The molecule has 3 nitrogen and oxygen atoms in total. The van der Waals surface area contributed by atoms with E-state index in [1.54, 1.807) is 19.1 Å². The number of halogens is 2. The van der Waals surface area contributed by atoms with Gasteiger partial charge in [0, 0.05) is 5.56 Å². The van der Waals surface area contributed by atoms with Gasteiger partial charge in [-0.05, 0) is 24.6 Å². The second-order valence-corrected chi connectivity index (χ2v) is 3.26. The van der Waals surface area contributed by atoms with Gasteiger partial charge in [0.05, 0.1) is 7.11 Å². The number of hydrogen-bond donors (Lipinski definition) is 0. The molecule has 0 heterocycles. The lowest BCUT2D eigenvalue weighted by Crippen LogP contribution is -2.05. The SMILES string of the molecule is COc1cccc(C=C(C)C=O)c1OC(F)F. The summed E-state index contributed by atoms with van der Waals surface area (Å²) in [5.74, 6) is 0.115. The summed E-state index contributed by atoms with van der Waals surface area (Å²) >= 11 is 0. The molecular weight excluding hydrogens is 230 g/mol. The first-order valence-electron chi connectivity index (χ1n) is 4.83. The molecule has 0 spiro atoms. The van der Waals surface area contributed by atoms with Gasteiger partial charge >= 0.3 is 6.61 Å². The van der Waals surface area contributed by atoms with Gasteiger partial charge in [0.15, 0.2) is 11.5 Å².